The Bertz CT molecular complexity index is 3080. The molecule has 368 valence electrons. The number of piperidine rings is 2. The van der Waals surface area contributed by atoms with Crippen LogP contribution >= 0.6 is 11.5 Å². The second-order valence-corrected chi connectivity index (χ2v) is 22.8. The molecular weight excluding hydrogens is 921 g/mol. The largest absolute Gasteiger partial charge is 0.444 e. The zero-order chi connectivity index (χ0) is 49.4. The van der Waals surface area contributed by atoms with Crippen molar-refractivity contribution < 1.29 is 27.5 Å². The summed E-state index contributed by atoms with van der Waals surface area (Å²) in [6.45, 7) is 15.8. The summed E-state index contributed by atoms with van der Waals surface area (Å²) in [6, 6.07) is 2.00. The summed E-state index contributed by atoms with van der Waals surface area (Å²) >= 11 is 1.40. The first-order chi connectivity index (χ1) is 32.5. The lowest BCUT2D eigenvalue weighted by Crippen LogP contribution is -2.43. The molecule has 2 amide bonds. The van der Waals surface area contributed by atoms with Crippen molar-refractivity contribution in [2.24, 2.45) is 25.9 Å². The predicted molar refractivity (Wildman–Crippen MR) is 262 cm³/mol. The van der Waals surface area contributed by atoms with Crippen LogP contribution in [-0.4, -0.2) is 127 Å². The minimum Gasteiger partial charge on any atom is -0.444 e. The van der Waals surface area contributed by atoms with Gasteiger partial charge in [0.1, 0.15) is 16.2 Å². The Kier molecular flexibility index (Phi) is 13.9. The molecule has 0 bridgehead atoms. The normalized spacial score (nSPS) is 17.0. The average Bonchev–Trinajstić information content (AvgIpc) is 4.12. The summed E-state index contributed by atoms with van der Waals surface area (Å²) < 4.78 is 47.8. The van der Waals surface area contributed by atoms with E-state index in [1.807, 2.05) is 105 Å². The third kappa shape index (κ3) is 12.1. The molecule has 9 heterocycles. The van der Waals surface area contributed by atoms with E-state index in [0.717, 1.165) is 89.5 Å². The van der Waals surface area contributed by atoms with Gasteiger partial charge in [0, 0.05) is 82.4 Å². The molecule has 22 heteroatoms. The van der Waals surface area contributed by atoms with Gasteiger partial charge in [-0.3, -0.25) is 18.2 Å². The lowest BCUT2D eigenvalue weighted by atomic mass is 9.93. The fraction of sp³-hybridized carbons (Fsp3) is 0.511. The zero-order valence-corrected chi connectivity index (χ0v) is 42.6. The number of sulfone groups is 1. The molecule has 7 aromatic rings. The fourth-order valence-corrected chi connectivity index (χ4v) is 10.1. The van der Waals surface area contributed by atoms with Crippen LogP contribution in [0.2, 0.25) is 0 Å². The number of rotatable bonds is 9. The summed E-state index contributed by atoms with van der Waals surface area (Å²) in [5, 5.41) is 12.8. The van der Waals surface area contributed by atoms with E-state index in [-0.39, 0.29) is 23.1 Å². The molecule has 69 heavy (non-hydrogen) atoms. The van der Waals surface area contributed by atoms with Gasteiger partial charge in [-0.2, -0.15) is 14.6 Å². The number of carbonyl (C=O) groups is 2. The highest BCUT2D eigenvalue weighted by molar-refractivity contribution is 7.90. The summed E-state index contributed by atoms with van der Waals surface area (Å²) in [4.78, 5) is 47.2. The van der Waals surface area contributed by atoms with Crippen molar-refractivity contribution in [3.8, 4) is 22.5 Å². The molecule has 0 saturated carbocycles. The topological polar surface area (TPSA) is 214 Å². The lowest BCUT2D eigenvalue weighted by molar-refractivity contribution is 0.0156. The zero-order valence-electron chi connectivity index (χ0n) is 41.0. The number of imidazole rings is 2. The van der Waals surface area contributed by atoms with Crippen LogP contribution < -0.4 is 5.32 Å². The van der Waals surface area contributed by atoms with Gasteiger partial charge in [-0.25, -0.2) is 37.9 Å². The van der Waals surface area contributed by atoms with Gasteiger partial charge in [0.15, 0.2) is 32.0 Å². The van der Waals surface area contributed by atoms with Crippen molar-refractivity contribution >= 4 is 55.7 Å². The molecule has 2 aliphatic heterocycles. The SMILES string of the molecule is Cc1cc(Nc2nc(CC3CCCN(C(=O)OC(C)(C)C)C3)cn3c(-c4cnn(C)c4)cnc23)sn1.Cn1cc(-c2cnc3c(S(C)(=O)=O)nc(CC4CCCN(C(=O)OC(C)(C)C)C4)cn23)cn1. The predicted octanol–water partition coefficient (Wildman–Crippen LogP) is 7.55. The second-order valence-electron chi connectivity index (χ2n) is 20.1. The van der Waals surface area contributed by atoms with Crippen LogP contribution in [0.15, 0.2) is 60.7 Å². The van der Waals surface area contributed by atoms with Crippen molar-refractivity contribution in [1.29, 1.82) is 0 Å². The maximum atomic E-state index is 12.7. The Balaban J connectivity index is 0.000000187. The number of fused-ring (bicyclic) bond motifs is 2. The van der Waals surface area contributed by atoms with Gasteiger partial charge < -0.3 is 24.6 Å². The number of aryl methyl sites for hydroxylation is 3. The Morgan fingerprint density at radius 3 is 1.68 bits per heavy atom. The molecule has 2 aliphatic rings. The third-order valence-electron chi connectivity index (χ3n) is 11.6. The summed E-state index contributed by atoms with van der Waals surface area (Å²) in [6.07, 6.45) is 20.4. The number of hydrogen-bond acceptors (Lipinski definition) is 15. The number of ether oxygens (including phenoxy) is 2. The van der Waals surface area contributed by atoms with Crippen molar-refractivity contribution in [1.82, 2.24) is 62.5 Å². The monoisotopic (exact) mass is 982 g/mol. The molecule has 20 nitrogen and oxygen atoms in total. The lowest BCUT2D eigenvalue weighted by Gasteiger charge is -2.34. The van der Waals surface area contributed by atoms with E-state index in [0.29, 0.717) is 49.1 Å². The van der Waals surface area contributed by atoms with E-state index in [1.54, 1.807) is 31.1 Å². The van der Waals surface area contributed by atoms with Crippen LogP contribution in [0.4, 0.5) is 20.4 Å². The minimum atomic E-state index is -3.60. The molecule has 0 aromatic carbocycles. The Labute approximate surface area is 406 Å². The second kappa shape index (κ2) is 19.5. The van der Waals surface area contributed by atoms with Gasteiger partial charge in [0.25, 0.3) is 0 Å². The first-order valence-electron chi connectivity index (χ1n) is 23.1. The van der Waals surface area contributed by atoms with Crippen molar-refractivity contribution in [3.63, 3.8) is 0 Å². The van der Waals surface area contributed by atoms with Crippen LogP contribution in [-0.2, 0) is 46.2 Å². The highest BCUT2D eigenvalue weighted by atomic mass is 32.2. The maximum absolute atomic E-state index is 12.7. The summed E-state index contributed by atoms with van der Waals surface area (Å²) in [7, 11) is 0.121. The van der Waals surface area contributed by atoms with Gasteiger partial charge in [-0.15, -0.1) is 0 Å². The van der Waals surface area contributed by atoms with E-state index in [1.165, 1.54) is 11.5 Å². The molecule has 2 unspecified atom stereocenters. The molecular formula is C47H62N14O6S2. The Hall–Kier alpha value is -6.42. The number of anilines is 2. The Morgan fingerprint density at radius 2 is 1.23 bits per heavy atom. The van der Waals surface area contributed by atoms with Crippen molar-refractivity contribution in [2.45, 2.75) is 103 Å². The van der Waals surface area contributed by atoms with Crippen LogP contribution in [0.1, 0.15) is 84.3 Å². The number of nitrogens with zero attached hydrogens (tertiary/aromatic N) is 13. The molecule has 7 aromatic heterocycles. The van der Waals surface area contributed by atoms with Gasteiger partial charge >= 0.3 is 12.2 Å². The fourth-order valence-electron chi connectivity index (χ4n) is 8.69. The van der Waals surface area contributed by atoms with Gasteiger partial charge in [0.05, 0.1) is 53.3 Å². The number of amides is 2. The Morgan fingerprint density at radius 1 is 0.739 bits per heavy atom. The maximum Gasteiger partial charge on any atom is 0.410 e. The molecule has 0 spiro atoms. The molecule has 9 rings (SSSR count). The van der Waals surface area contributed by atoms with E-state index < -0.39 is 21.0 Å². The summed E-state index contributed by atoms with van der Waals surface area (Å²) in [5.41, 5.74) is 6.01. The minimum absolute atomic E-state index is 0.0463. The average molecular weight is 983 g/mol. The molecule has 1 N–H and O–H groups in total. The van der Waals surface area contributed by atoms with E-state index in [4.69, 9.17) is 14.5 Å². The van der Waals surface area contributed by atoms with E-state index in [9.17, 15) is 18.0 Å². The van der Waals surface area contributed by atoms with Crippen molar-refractivity contribution in [3.05, 3.63) is 72.7 Å². The smallest absolute Gasteiger partial charge is 0.410 e. The van der Waals surface area contributed by atoms with Crippen LogP contribution in [0, 0.1) is 18.8 Å². The molecule has 0 aliphatic carbocycles. The molecule has 2 atom stereocenters. The van der Waals surface area contributed by atoms with Crippen LogP contribution in [0.5, 0.6) is 0 Å². The third-order valence-corrected chi connectivity index (χ3v) is 13.4. The quantitative estimate of drug-likeness (QED) is 0.148. The first-order valence-corrected chi connectivity index (χ1v) is 25.8. The standard InChI is InChI=1S/C25H32N8O2S.C22H30N6O4S/c1-16-9-21(36-30-16)29-22-23-26-12-20(18-11-27-31(5)14-18)33(23)15-19(28-22)10-17-7-6-8-32(13-17)24(34)35-25(2,3)4;1-22(2,3)32-21(29)27-8-6-7-15(12-27)9-17-14-28-18(16-10-24-26(4)13-16)11-23-19(28)20(25-17)33(5,30)31/h9,11-12,14-15,17H,6-8,10,13H2,1-5H3,(H,28,29);10-11,13-15H,6-9,12H2,1-5H3. The summed E-state index contributed by atoms with van der Waals surface area (Å²) in [5.74, 6) is 1.13. The first kappa shape index (κ1) is 49.0. The van der Waals surface area contributed by atoms with Gasteiger partial charge in [0.2, 0.25) is 0 Å². The number of likely N-dealkylation sites (tertiary alicyclic amines) is 2. The van der Waals surface area contributed by atoms with Gasteiger partial charge in [-0.1, -0.05) is 0 Å². The number of nitrogens with one attached hydrogen (secondary N) is 1. The van der Waals surface area contributed by atoms with E-state index in [2.05, 4.69) is 45.4 Å². The highest BCUT2D eigenvalue weighted by Gasteiger charge is 2.31. The van der Waals surface area contributed by atoms with Crippen LogP contribution in [0.3, 0.4) is 0 Å². The van der Waals surface area contributed by atoms with Gasteiger partial charge in [-0.05, 0) is 116 Å². The van der Waals surface area contributed by atoms with Crippen LogP contribution in [0.25, 0.3) is 33.8 Å². The molecule has 2 fully saturated rings. The van der Waals surface area contributed by atoms with Crippen molar-refractivity contribution in [2.75, 3.05) is 37.8 Å². The number of aromatic nitrogens is 11. The molecule has 0 radical (unpaired) electrons. The molecule has 2 saturated heterocycles. The van der Waals surface area contributed by atoms with E-state index >= 15 is 0 Å². The number of hydrogen-bond donors (Lipinski definition) is 1. The highest BCUT2D eigenvalue weighted by Crippen LogP contribution is 2.31. The number of carbonyl (C=O) groups excluding carboxylic acids is 2.